The second-order valence-electron chi connectivity index (χ2n) is 7.50. The molecule has 0 radical (unpaired) electrons. The van der Waals surface area contributed by atoms with Gasteiger partial charge in [0.15, 0.2) is 11.5 Å². The van der Waals surface area contributed by atoms with Crippen molar-refractivity contribution in [3.8, 4) is 11.5 Å². The smallest absolute Gasteiger partial charge is 0.255 e. The normalized spacial score (nSPS) is 10.6. The third-order valence-electron chi connectivity index (χ3n) is 4.81. The van der Waals surface area contributed by atoms with E-state index < -0.39 is 34.4 Å². The zero-order chi connectivity index (χ0) is 26.0. The summed E-state index contributed by atoms with van der Waals surface area (Å²) in [6.07, 6.45) is 1.10. The molecule has 0 bridgehead atoms. The number of para-hydroxylation sites is 1. The van der Waals surface area contributed by atoms with Crippen LogP contribution >= 0.6 is 35.6 Å². The molecule has 7 nitrogen and oxygen atoms in total. The fraction of sp³-hybridized carbons (Fsp3) is 0.154. The van der Waals surface area contributed by atoms with Crippen LogP contribution in [0.1, 0.15) is 30.7 Å². The van der Waals surface area contributed by atoms with Gasteiger partial charge in [0, 0.05) is 19.2 Å². The Kier molecular flexibility index (Phi) is 12.7. The van der Waals surface area contributed by atoms with Gasteiger partial charge < -0.3 is 26.6 Å². The minimum Gasteiger partial charge on any atom is -0.505 e. The molecule has 0 saturated heterocycles. The molecule has 2 amide bonds. The highest BCUT2D eigenvalue weighted by Crippen LogP contribution is 2.40. The number of hydrogen-bond acceptors (Lipinski definition) is 5. The van der Waals surface area contributed by atoms with Crippen LogP contribution in [0, 0.1) is 0 Å². The molecule has 0 fully saturated rings. The summed E-state index contributed by atoms with van der Waals surface area (Å²) >= 11 is 11.7. The monoisotopic (exact) mass is 553 g/mol. The number of allylic oxidation sites excluding steroid dienone is 1. The Hall–Kier alpha value is -3.39. The number of aromatic hydroxyl groups is 2. The van der Waals surface area contributed by atoms with Gasteiger partial charge in [0.2, 0.25) is 5.91 Å². The van der Waals surface area contributed by atoms with Crippen LogP contribution in [0.4, 0.5) is 5.69 Å². The zero-order valence-corrected chi connectivity index (χ0v) is 21.8. The summed E-state index contributed by atoms with van der Waals surface area (Å²) in [6, 6.07) is 18.1. The first-order chi connectivity index (χ1) is 16.6. The van der Waals surface area contributed by atoms with Crippen LogP contribution in [0.25, 0.3) is 0 Å². The predicted molar refractivity (Wildman–Crippen MR) is 149 cm³/mol. The van der Waals surface area contributed by atoms with Crippen LogP contribution < -0.4 is 16.4 Å². The Morgan fingerprint density at radius 1 is 1.03 bits per heavy atom. The van der Waals surface area contributed by atoms with E-state index in [1.807, 2.05) is 43.3 Å². The summed E-state index contributed by atoms with van der Waals surface area (Å²) < 4.78 is 0. The van der Waals surface area contributed by atoms with Gasteiger partial charge >= 0.3 is 0 Å². The number of anilines is 1. The molecule has 0 aliphatic rings. The topological polar surface area (TPSA) is 125 Å². The van der Waals surface area contributed by atoms with Crippen molar-refractivity contribution in [1.29, 1.82) is 0 Å². The van der Waals surface area contributed by atoms with E-state index in [0.717, 1.165) is 23.7 Å². The maximum absolute atomic E-state index is 12.9. The van der Waals surface area contributed by atoms with Crippen molar-refractivity contribution in [1.82, 2.24) is 5.32 Å². The maximum atomic E-state index is 12.9. The minimum atomic E-state index is -0.953. The van der Waals surface area contributed by atoms with E-state index in [9.17, 15) is 19.8 Å². The molecule has 194 valence electrons. The minimum absolute atomic E-state index is 0. The van der Waals surface area contributed by atoms with Crippen LogP contribution in [-0.4, -0.2) is 28.1 Å². The molecule has 3 aromatic rings. The molecule has 0 aliphatic carbocycles. The lowest BCUT2D eigenvalue weighted by Crippen LogP contribution is -2.45. The third kappa shape index (κ3) is 9.00. The van der Waals surface area contributed by atoms with Gasteiger partial charge in [0.1, 0.15) is 11.1 Å². The van der Waals surface area contributed by atoms with E-state index in [4.69, 9.17) is 28.9 Å². The summed E-state index contributed by atoms with van der Waals surface area (Å²) in [4.78, 5) is 25.7. The second kappa shape index (κ2) is 14.9. The molecule has 0 spiro atoms. The van der Waals surface area contributed by atoms with E-state index >= 15 is 0 Å². The summed E-state index contributed by atoms with van der Waals surface area (Å²) in [5.41, 5.74) is 7.00. The van der Waals surface area contributed by atoms with Gasteiger partial charge in [-0.15, -0.1) is 12.4 Å². The number of amides is 2. The highest BCUT2D eigenvalue weighted by molar-refractivity contribution is 6.38. The number of benzene rings is 3. The van der Waals surface area contributed by atoms with E-state index in [-0.39, 0.29) is 30.8 Å². The Morgan fingerprint density at radius 2 is 1.56 bits per heavy atom. The second-order valence-corrected chi connectivity index (χ2v) is 8.29. The van der Waals surface area contributed by atoms with E-state index in [0.29, 0.717) is 5.69 Å². The summed E-state index contributed by atoms with van der Waals surface area (Å²) in [5.74, 6) is -2.36. The number of phenols is 2. The van der Waals surface area contributed by atoms with Gasteiger partial charge in [-0.1, -0.05) is 85.2 Å². The summed E-state index contributed by atoms with van der Waals surface area (Å²) in [6.45, 7) is 5.43. The van der Waals surface area contributed by atoms with E-state index in [1.165, 1.54) is 0 Å². The molecule has 0 unspecified atom stereocenters. The Labute approximate surface area is 227 Å². The van der Waals surface area contributed by atoms with Gasteiger partial charge in [-0.3, -0.25) is 9.59 Å². The molecule has 1 atom stereocenters. The maximum Gasteiger partial charge on any atom is 0.255 e. The zero-order valence-electron chi connectivity index (χ0n) is 19.5. The molecule has 6 N–H and O–H groups in total. The Bertz CT molecular complexity index is 1180. The number of hydrogen-bond donors (Lipinski definition) is 5. The summed E-state index contributed by atoms with van der Waals surface area (Å²) in [7, 11) is 0. The lowest BCUT2D eigenvalue weighted by Gasteiger charge is -2.19. The van der Waals surface area contributed by atoms with Gasteiger partial charge in [-0.05, 0) is 30.2 Å². The molecular formula is C26H30Cl3N3O4. The lowest BCUT2D eigenvalue weighted by molar-refractivity contribution is -0.118. The molecule has 0 heterocycles. The molecule has 3 aromatic carbocycles. The van der Waals surface area contributed by atoms with Gasteiger partial charge in [-0.25, -0.2) is 0 Å². The third-order valence-corrected chi connectivity index (χ3v) is 5.46. The number of carbonyl (C=O) groups is 2. The Morgan fingerprint density at radius 3 is 2.08 bits per heavy atom. The standard InChI is InChI=1S/C22H18Cl2N2O4.C4H9N.ClH.H2/c23-16-12-15(19(27)18(24)20(16)28)21(29)26-17(11-13-7-3-1-4-8-13)22(30)25-14-9-5-2-6-10-14;1-3-4(2)5;;/h1-10,12,17,27-28H,11H2,(H,25,30)(H,26,29);2-3,5H2,1H3;2*1H/t17-;;;/m1.../s1. The van der Waals surface area contributed by atoms with Crippen molar-refractivity contribution < 1.29 is 21.2 Å². The Balaban J connectivity index is 0.00000169. The SMILES string of the molecule is C=C(N)CC.Cl.O=C(N[C@H](Cc1ccccc1)C(=O)Nc1ccccc1)c1cc(Cl)c(O)c(Cl)c1O.[HH]. The molecule has 0 saturated carbocycles. The van der Waals surface area contributed by atoms with Crippen molar-refractivity contribution in [3.05, 3.63) is 100 Å². The average molecular weight is 555 g/mol. The number of carbonyl (C=O) groups excluding carboxylic acids is 2. The molecule has 36 heavy (non-hydrogen) atoms. The van der Waals surface area contributed by atoms with Gasteiger partial charge in [-0.2, -0.15) is 0 Å². The van der Waals surface area contributed by atoms with Crippen molar-refractivity contribution in [2.75, 3.05) is 5.32 Å². The molecular weight excluding hydrogens is 525 g/mol. The first kappa shape index (κ1) is 30.6. The van der Waals surface area contributed by atoms with Crippen molar-refractivity contribution in [2.45, 2.75) is 25.8 Å². The molecule has 10 heteroatoms. The number of nitrogens with one attached hydrogen (secondary N) is 2. The number of rotatable bonds is 7. The quantitative estimate of drug-likeness (QED) is 0.248. The number of nitrogens with two attached hydrogens (primary N) is 1. The lowest BCUT2D eigenvalue weighted by atomic mass is 10.0. The number of halogens is 3. The van der Waals surface area contributed by atoms with Crippen LogP contribution in [0.15, 0.2) is 79.0 Å². The van der Waals surface area contributed by atoms with Gasteiger partial charge in [0.05, 0.1) is 10.6 Å². The van der Waals surface area contributed by atoms with Crippen LogP contribution in [0.5, 0.6) is 11.5 Å². The van der Waals surface area contributed by atoms with Crippen molar-refractivity contribution >= 4 is 53.1 Å². The summed E-state index contributed by atoms with van der Waals surface area (Å²) in [5, 5.41) is 24.6. The fourth-order valence-electron chi connectivity index (χ4n) is 2.82. The largest absolute Gasteiger partial charge is 0.505 e. The van der Waals surface area contributed by atoms with Crippen molar-refractivity contribution in [2.24, 2.45) is 5.73 Å². The average Bonchev–Trinajstić information content (AvgIpc) is 2.86. The highest BCUT2D eigenvalue weighted by atomic mass is 35.5. The molecule has 0 aromatic heterocycles. The van der Waals surface area contributed by atoms with Crippen LogP contribution in [0.3, 0.4) is 0 Å². The van der Waals surface area contributed by atoms with E-state index in [2.05, 4.69) is 17.2 Å². The predicted octanol–water partition coefficient (Wildman–Crippen LogP) is 5.92. The molecule has 0 aliphatic heterocycles. The van der Waals surface area contributed by atoms with Crippen molar-refractivity contribution in [3.63, 3.8) is 0 Å². The highest BCUT2D eigenvalue weighted by Gasteiger charge is 2.26. The number of phenolic OH excluding ortho intramolecular Hbond substituents is 2. The first-order valence-electron chi connectivity index (χ1n) is 10.7. The molecule has 3 rings (SSSR count). The van der Waals surface area contributed by atoms with Crippen LogP contribution in [0.2, 0.25) is 10.0 Å². The van der Waals surface area contributed by atoms with Gasteiger partial charge in [0.25, 0.3) is 5.91 Å². The first-order valence-corrected chi connectivity index (χ1v) is 11.4. The van der Waals surface area contributed by atoms with Crippen LogP contribution in [-0.2, 0) is 11.2 Å². The fourth-order valence-corrected chi connectivity index (χ4v) is 3.27. The van der Waals surface area contributed by atoms with E-state index in [1.54, 1.807) is 24.3 Å².